The van der Waals surface area contributed by atoms with Gasteiger partial charge in [-0.25, -0.2) is 4.79 Å². The molecule has 0 heterocycles. The Labute approximate surface area is 107 Å². The van der Waals surface area contributed by atoms with Crippen LogP contribution in [0.1, 0.15) is 32.6 Å². The van der Waals surface area contributed by atoms with Crippen LogP contribution < -0.4 is 11.1 Å². The summed E-state index contributed by atoms with van der Waals surface area (Å²) < 4.78 is 0. The largest absolute Gasteiger partial charge is 0.352 e. The minimum atomic E-state index is -0.413. The molecule has 0 bridgehead atoms. The molecule has 0 radical (unpaired) electrons. The SMILES string of the molecule is CCSC1CCCCC1SCCNC(N)=O. The summed E-state index contributed by atoms with van der Waals surface area (Å²) in [6.45, 7) is 2.93. The molecular formula is C11H22N2OS2. The lowest BCUT2D eigenvalue weighted by molar-refractivity contribution is 0.249. The van der Waals surface area contributed by atoms with E-state index in [4.69, 9.17) is 5.73 Å². The Morgan fingerprint density at radius 3 is 2.50 bits per heavy atom. The van der Waals surface area contributed by atoms with Gasteiger partial charge in [0, 0.05) is 22.8 Å². The molecule has 1 saturated carbocycles. The average molecular weight is 262 g/mol. The molecule has 0 aromatic heterocycles. The van der Waals surface area contributed by atoms with Crippen molar-refractivity contribution in [3.05, 3.63) is 0 Å². The van der Waals surface area contributed by atoms with Crippen LogP contribution in [0.15, 0.2) is 0 Å². The molecule has 0 spiro atoms. The van der Waals surface area contributed by atoms with Gasteiger partial charge in [-0.05, 0) is 18.6 Å². The fraction of sp³-hybridized carbons (Fsp3) is 0.909. The Morgan fingerprint density at radius 2 is 1.94 bits per heavy atom. The highest BCUT2D eigenvalue weighted by Gasteiger charge is 2.24. The molecule has 16 heavy (non-hydrogen) atoms. The molecule has 1 rings (SSSR count). The molecule has 0 aliphatic heterocycles. The second kappa shape index (κ2) is 8.12. The Kier molecular flexibility index (Phi) is 7.12. The molecule has 0 aromatic carbocycles. The van der Waals surface area contributed by atoms with Gasteiger partial charge < -0.3 is 11.1 Å². The predicted octanol–water partition coefficient (Wildman–Crippen LogP) is 2.45. The maximum atomic E-state index is 10.5. The summed E-state index contributed by atoms with van der Waals surface area (Å²) in [5.74, 6) is 2.19. The average Bonchev–Trinajstić information content (AvgIpc) is 2.26. The van der Waals surface area contributed by atoms with E-state index in [0.717, 1.165) is 16.3 Å². The van der Waals surface area contributed by atoms with Gasteiger partial charge in [-0.15, -0.1) is 0 Å². The van der Waals surface area contributed by atoms with Crippen LogP contribution in [0.5, 0.6) is 0 Å². The lowest BCUT2D eigenvalue weighted by Crippen LogP contribution is -2.32. The summed E-state index contributed by atoms with van der Waals surface area (Å²) in [7, 11) is 0. The molecule has 94 valence electrons. The minimum absolute atomic E-state index is 0.413. The summed E-state index contributed by atoms with van der Waals surface area (Å²) in [4.78, 5) is 10.5. The molecule has 0 saturated heterocycles. The van der Waals surface area contributed by atoms with Crippen LogP contribution in [-0.4, -0.2) is 34.6 Å². The smallest absolute Gasteiger partial charge is 0.312 e. The zero-order chi connectivity index (χ0) is 11.8. The third-order valence-electron chi connectivity index (χ3n) is 2.76. The van der Waals surface area contributed by atoms with Crippen molar-refractivity contribution in [3.8, 4) is 0 Å². The van der Waals surface area contributed by atoms with Crippen LogP contribution in [0.3, 0.4) is 0 Å². The highest BCUT2D eigenvalue weighted by atomic mass is 32.2. The number of carbonyl (C=O) groups is 1. The number of carbonyl (C=O) groups excluding carboxylic acids is 1. The molecule has 0 aromatic rings. The molecule has 3 nitrogen and oxygen atoms in total. The summed E-state index contributed by atoms with van der Waals surface area (Å²) in [6.07, 6.45) is 5.44. The highest BCUT2D eigenvalue weighted by molar-refractivity contribution is 8.03. The van der Waals surface area contributed by atoms with Crippen LogP contribution in [-0.2, 0) is 0 Å². The van der Waals surface area contributed by atoms with E-state index in [1.54, 1.807) is 0 Å². The number of amides is 2. The molecule has 2 unspecified atom stereocenters. The maximum Gasteiger partial charge on any atom is 0.312 e. The Morgan fingerprint density at radius 1 is 1.31 bits per heavy atom. The molecule has 1 fully saturated rings. The van der Waals surface area contributed by atoms with Crippen molar-refractivity contribution in [1.29, 1.82) is 0 Å². The summed E-state index contributed by atoms with van der Waals surface area (Å²) >= 11 is 4.09. The molecule has 1 aliphatic rings. The molecule has 5 heteroatoms. The molecule has 3 N–H and O–H groups in total. The van der Waals surface area contributed by atoms with E-state index in [9.17, 15) is 4.79 Å². The van der Waals surface area contributed by atoms with Gasteiger partial charge in [-0.2, -0.15) is 23.5 Å². The molecular weight excluding hydrogens is 240 g/mol. The summed E-state index contributed by atoms with van der Waals surface area (Å²) in [6, 6.07) is -0.413. The number of primary amides is 1. The van der Waals surface area contributed by atoms with Crippen molar-refractivity contribution in [2.75, 3.05) is 18.1 Å². The van der Waals surface area contributed by atoms with Gasteiger partial charge in [0.15, 0.2) is 0 Å². The van der Waals surface area contributed by atoms with Gasteiger partial charge in [-0.1, -0.05) is 19.8 Å². The maximum absolute atomic E-state index is 10.5. The zero-order valence-corrected chi connectivity index (χ0v) is 11.5. The van der Waals surface area contributed by atoms with Crippen LogP contribution >= 0.6 is 23.5 Å². The number of nitrogens with one attached hydrogen (secondary N) is 1. The van der Waals surface area contributed by atoms with Crippen molar-refractivity contribution in [2.45, 2.75) is 43.1 Å². The first-order chi connectivity index (χ1) is 7.74. The van der Waals surface area contributed by atoms with Crippen molar-refractivity contribution in [1.82, 2.24) is 5.32 Å². The van der Waals surface area contributed by atoms with Crippen LogP contribution in [0.25, 0.3) is 0 Å². The number of rotatable bonds is 6. The van der Waals surface area contributed by atoms with Crippen LogP contribution in [0.2, 0.25) is 0 Å². The molecule has 2 amide bonds. The van der Waals surface area contributed by atoms with Crippen LogP contribution in [0, 0.1) is 0 Å². The van der Waals surface area contributed by atoms with Crippen LogP contribution in [0.4, 0.5) is 4.79 Å². The molecule has 2 atom stereocenters. The number of urea groups is 1. The van der Waals surface area contributed by atoms with Crippen molar-refractivity contribution in [3.63, 3.8) is 0 Å². The fourth-order valence-electron chi connectivity index (χ4n) is 2.04. The Balaban J connectivity index is 2.18. The van der Waals surface area contributed by atoms with Crippen molar-refractivity contribution < 1.29 is 4.79 Å². The number of thioether (sulfide) groups is 2. The van der Waals surface area contributed by atoms with Gasteiger partial charge in [0.05, 0.1) is 0 Å². The van der Waals surface area contributed by atoms with E-state index in [1.807, 2.05) is 11.8 Å². The second-order valence-corrected chi connectivity index (χ2v) is 6.84. The second-order valence-electron chi connectivity index (χ2n) is 3.98. The number of hydrogen-bond donors (Lipinski definition) is 2. The Bertz CT molecular complexity index is 212. The predicted molar refractivity (Wildman–Crippen MR) is 74.2 cm³/mol. The Hall–Kier alpha value is -0.0300. The van der Waals surface area contributed by atoms with E-state index in [-0.39, 0.29) is 0 Å². The normalized spacial score (nSPS) is 25.3. The molecule has 1 aliphatic carbocycles. The van der Waals surface area contributed by atoms with E-state index < -0.39 is 6.03 Å². The first-order valence-corrected chi connectivity index (χ1v) is 8.10. The van der Waals surface area contributed by atoms with E-state index in [0.29, 0.717) is 6.54 Å². The minimum Gasteiger partial charge on any atom is -0.352 e. The standard InChI is InChI=1S/C11H22N2OS2/c1-2-15-9-5-3-4-6-10(9)16-8-7-13-11(12)14/h9-10H,2-8H2,1H3,(H3,12,13,14). The van der Waals surface area contributed by atoms with E-state index in [2.05, 4.69) is 24.0 Å². The van der Waals surface area contributed by atoms with Gasteiger partial charge in [0.2, 0.25) is 0 Å². The fourth-order valence-corrected chi connectivity index (χ4v) is 4.83. The lowest BCUT2D eigenvalue weighted by atomic mass is 10.00. The van der Waals surface area contributed by atoms with Crippen molar-refractivity contribution in [2.24, 2.45) is 5.73 Å². The topological polar surface area (TPSA) is 55.1 Å². The first kappa shape index (κ1) is 14.0. The monoisotopic (exact) mass is 262 g/mol. The lowest BCUT2D eigenvalue weighted by Gasteiger charge is -2.30. The third kappa shape index (κ3) is 5.34. The van der Waals surface area contributed by atoms with Gasteiger partial charge in [-0.3, -0.25) is 0 Å². The summed E-state index contributed by atoms with van der Waals surface area (Å²) in [5.41, 5.74) is 5.02. The quantitative estimate of drug-likeness (QED) is 0.723. The van der Waals surface area contributed by atoms with Crippen molar-refractivity contribution >= 4 is 29.6 Å². The highest BCUT2D eigenvalue weighted by Crippen LogP contribution is 2.35. The number of hydrogen-bond acceptors (Lipinski definition) is 3. The van der Waals surface area contributed by atoms with E-state index >= 15 is 0 Å². The number of nitrogens with two attached hydrogens (primary N) is 1. The van der Waals surface area contributed by atoms with Gasteiger partial charge >= 0.3 is 6.03 Å². The first-order valence-electron chi connectivity index (χ1n) is 6.00. The van der Waals surface area contributed by atoms with E-state index in [1.165, 1.54) is 31.4 Å². The van der Waals surface area contributed by atoms with Gasteiger partial charge in [0.1, 0.15) is 0 Å². The zero-order valence-electron chi connectivity index (χ0n) is 9.91. The third-order valence-corrected chi connectivity index (χ3v) is 5.69. The summed E-state index contributed by atoms with van der Waals surface area (Å²) in [5, 5.41) is 4.23. The van der Waals surface area contributed by atoms with Gasteiger partial charge in [0.25, 0.3) is 0 Å².